The van der Waals surface area contributed by atoms with Crippen molar-refractivity contribution in [1.82, 2.24) is 0 Å². The number of anilines is 1. The van der Waals surface area contributed by atoms with Crippen LogP contribution in [0.4, 0.5) is 11.4 Å². The van der Waals surface area contributed by atoms with Crippen LogP contribution in [-0.4, -0.2) is 17.2 Å². The number of phenolic OH excluding ortho intramolecular Hbond substituents is 1. The fraction of sp³-hybridized carbons (Fsp3) is 0.0400. The quantitative estimate of drug-likeness (QED) is 0.337. The first-order chi connectivity index (χ1) is 14.5. The number of carbonyl (C=O) groups is 1. The molecule has 4 rings (SSSR count). The number of benzene rings is 4. The molecule has 4 aromatic carbocycles. The van der Waals surface area contributed by atoms with Gasteiger partial charge in [0.15, 0.2) is 0 Å². The number of nitrogens with zero attached hydrogens (tertiary/aromatic N) is 1. The second kappa shape index (κ2) is 8.51. The number of aromatic hydroxyl groups is 1. The molecule has 1 amide bonds. The number of carbonyl (C=O) groups excluding carboxylic acids is 1. The fourth-order valence-corrected chi connectivity index (χ4v) is 3.82. The predicted molar refractivity (Wildman–Crippen MR) is 126 cm³/mol. The Labute approximate surface area is 183 Å². The first-order valence-corrected chi connectivity index (χ1v) is 10.2. The van der Waals surface area contributed by atoms with Crippen LogP contribution in [0.1, 0.15) is 21.5 Å². The summed E-state index contributed by atoms with van der Waals surface area (Å²) in [5.41, 5.74) is 3.41. The molecule has 5 heteroatoms. The minimum atomic E-state index is -0.179. The lowest BCUT2D eigenvalue weighted by atomic mass is 10.1. The Balaban J connectivity index is 1.51. The Hall–Kier alpha value is -3.44. The highest BCUT2D eigenvalue weighted by Gasteiger charge is 2.08. The fourth-order valence-electron chi connectivity index (χ4n) is 3.23. The van der Waals surface area contributed by atoms with Crippen LogP contribution < -0.4 is 5.32 Å². The van der Waals surface area contributed by atoms with Crippen LogP contribution in [0.25, 0.3) is 10.8 Å². The number of hydrogen-bond donors (Lipinski definition) is 2. The highest BCUT2D eigenvalue weighted by Crippen LogP contribution is 2.26. The van der Waals surface area contributed by atoms with Crippen molar-refractivity contribution in [2.45, 2.75) is 6.92 Å². The topological polar surface area (TPSA) is 61.7 Å². The molecule has 0 saturated heterocycles. The molecular weight excluding hydrogens is 440 g/mol. The zero-order valence-corrected chi connectivity index (χ0v) is 17.8. The number of hydrogen-bond acceptors (Lipinski definition) is 3. The second-order valence-corrected chi connectivity index (χ2v) is 7.86. The van der Waals surface area contributed by atoms with Gasteiger partial charge in [-0.1, -0.05) is 52.3 Å². The molecule has 0 fully saturated rings. The maximum absolute atomic E-state index is 12.7. The molecule has 0 spiro atoms. The molecule has 2 N–H and O–H groups in total. The van der Waals surface area contributed by atoms with Gasteiger partial charge in [0.2, 0.25) is 0 Å². The Morgan fingerprint density at radius 1 is 1.00 bits per heavy atom. The van der Waals surface area contributed by atoms with E-state index in [1.54, 1.807) is 36.5 Å². The molecule has 0 aliphatic rings. The summed E-state index contributed by atoms with van der Waals surface area (Å²) in [7, 11) is 0. The van der Waals surface area contributed by atoms with Gasteiger partial charge in [-0.25, -0.2) is 0 Å². The molecule has 0 unspecified atom stereocenters. The molecule has 0 radical (unpaired) electrons. The number of aliphatic imine (C=N–C) groups is 1. The minimum absolute atomic E-state index is 0.179. The summed E-state index contributed by atoms with van der Waals surface area (Å²) in [6, 6.07) is 24.4. The molecule has 148 valence electrons. The monoisotopic (exact) mass is 458 g/mol. The average molecular weight is 459 g/mol. The Morgan fingerprint density at radius 2 is 1.73 bits per heavy atom. The summed E-state index contributed by atoms with van der Waals surface area (Å²) < 4.78 is 0.875. The van der Waals surface area contributed by atoms with Gasteiger partial charge in [0, 0.05) is 32.9 Å². The average Bonchev–Trinajstić information content (AvgIpc) is 2.76. The molecule has 0 heterocycles. The van der Waals surface area contributed by atoms with Crippen molar-refractivity contribution >= 4 is 50.2 Å². The van der Waals surface area contributed by atoms with E-state index in [-0.39, 0.29) is 11.7 Å². The van der Waals surface area contributed by atoms with Crippen LogP contribution in [0, 0.1) is 6.92 Å². The highest BCUT2D eigenvalue weighted by molar-refractivity contribution is 9.10. The van der Waals surface area contributed by atoms with E-state index >= 15 is 0 Å². The van der Waals surface area contributed by atoms with Crippen molar-refractivity contribution in [3.63, 3.8) is 0 Å². The van der Waals surface area contributed by atoms with Gasteiger partial charge in [-0.05, 0) is 60.3 Å². The molecule has 30 heavy (non-hydrogen) atoms. The van der Waals surface area contributed by atoms with E-state index in [1.165, 1.54) is 0 Å². The number of halogens is 1. The van der Waals surface area contributed by atoms with Gasteiger partial charge >= 0.3 is 0 Å². The summed E-state index contributed by atoms with van der Waals surface area (Å²) in [4.78, 5) is 17.1. The Kier molecular flexibility index (Phi) is 5.63. The Bertz CT molecular complexity index is 1260. The van der Waals surface area contributed by atoms with Gasteiger partial charge in [-0.15, -0.1) is 0 Å². The van der Waals surface area contributed by atoms with Crippen molar-refractivity contribution in [3.05, 3.63) is 100 Å². The summed E-state index contributed by atoms with van der Waals surface area (Å²) >= 11 is 3.42. The van der Waals surface area contributed by atoms with Crippen LogP contribution in [0.2, 0.25) is 0 Å². The lowest BCUT2D eigenvalue weighted by Crippen LogP contribution is -2.11. The zero-order chi connectivity index (χ0) is 21.1. The lowest BCUT2D eigenvalue weighted by Gasteiger charge is -2.09. The highest BCUT2D eigenvalue weighted by atomic mass is 79.9. The molecular formula is C25H19BrN2O2. The zero-order valence-electron chi connectivity index (χ0n) is 16.3. The maximum Gasteiger partial charge on any atom is 0.255 e. The summed E-state index contributed by atoms with van der Waals surface area (Å²) in [6.07, 6.45) is 1.61. The molecule has 0 aliphatic carbocycles. The van der Waals surface area contributed by atoms with Gasteiger partial charge in [0.1, 0.15) is 5.75 Å². The van der Waals surface area contributed by atoms with Crippen molar-refractivity contribution in [2.75, 3.05) is 5.32 Å². The van der Waals surface area contributed by atoms with Crippen molar-refractivity contribution in [1.29, 1.82) is 0 Å². The molecule has 0 aliphatic heterocycles. The van der Waals surface area contributed by atoms with Gasteiger partial charge in [0.05, 0.1) is 5.69 Å². The van der Waals surface area contributed by atoms with Gasteiger partial charge in [-0.3, -0.25) is 9.79 Å². The normalized spacial score (nSPS) is 11.1. The molecule has 0 aromatic heterocycles. The standard InChI is InChI=1S/C25H19BrN2O2/c1-16-13-20(26)14-19(24(16)29)15-27-21-11-9-18(10-12-21)25(30)28-23-8-4-6-17-5-2-3-7-22(17)23/h2-15,29H,1H3,(H,28,30). The minimum Gasteiger partial charge on any atom is -0.507 e. The predicted octanol–water partition coefficient (Wildman–Crippen LogP) is 6.62. The SMILES string of the molecule is Cc1cc(Br)cc(C=Nc2ccc(C(=O)Nc3cccc4ccccc34)cc2)c1O. The number of phenols is 1. The first-order valence-electron chi connectivity index (χ1n) is 9.43. The number of amides is 1. The van der Waals surface area contributed by atoms with E-state index in [4.69, 9.17) is 0 Å². The number of rotatable bonds is 4. The Morgan fingerprint density at radius 3 is 2.53 bits per heavy atom. The molecule has 4 nitrogen and oxygen atoms in total. The molecule has 0 atom stereocenters. The summed E-state index contributed by atoms with van der Waals surface area (Å²) in [6.45, 7) is 1.83. The first kappa shape index (κ1) is 19.9. The van der Waals surface area contributed by atoms with E-state index < -0.39 is 0 Å². The van der Waals surface area contributed by atoms with Crippen LogP contribution >= 0.6 is 15.9 Å². The van der Waals surface area contributed by atoms with Crippen LogP contribution in [-0.2, 0) is 0 Å². The van der Waals surface area contributed by atoms with Crippen molar-refractivity contribution < 1.29 is 9.90 Å². The molecule has 4 aromatic rings. The smallest absolute Gasteiger partial charge is 0.255 e. The number of fused-ring (bicyclic) bond motifs is 1. The van der Waals surface area contributed by atoms with Gasteiger partial charge in [-0.2, -0.15) is 0 Å². The van der Waals surface area contributed by atoms with Crippen LogP contribution in [0.3, 0.4) is 0 Å². The van der Waals surface area contributed by atoms with Crippen molar-refractivity contribution in [3.8, 4) is 5.75 Å². The largest absolute Gasteiger partial charge is 0.507 e. The van der Waals surface area contributed by atoms with Gasteiger partial charge in [0.25, 0.3) is 5.91 Å². The van der Waals surface area contributed by atoms with E-state index in [0.717, 1.165) is 26.5 Å². The van der Waals surface area contributed by atoms with Crippen LogP contribution in [0.5, 0.6) is 5.75 Å². The van der Waals surface area contributed by atoms with E-state index in [9.17, 15) is 9.90 Å². The number of aryl methyl sites for hydroxylation is 1. The third-order valence-electron chi connectivity index (χ3n) is 4.81. The van der Waals surface area contributed by atoms with E-state index in [0.29, 0.717) is 16.8 Å². The third kappa shape index (κ3) is 4.26. The maximum atomic E-state index is 12.7. The van der Waals surface area contributed by atoms with E-state index in [2.05, 4.69) is 26.2 Å². The molecule has 0 saturated carbocycles. The molecule has 0 bridgehead atoms. The van der Waals surface area contributed by atoms with Gasteiger partial charge < -0.3 is 10.4 Å². The van der Waals surface area contributed by atoms with Crippen LogP contribution in [0.15, 0.2) is 88.3 Å². The van der Waals surface area contributed by atoms with Crippen molar-refractivity contribution in [2.24, 2.45) is 4.99 Å². The number of nitrogens with one attached hydrogen (secondary N) is 1. The summed E-state index contributed by atoms with van der Waals surface area (Å²) in [5, 5.41) is 15.2. The summed E-state index contributed by atoms with van der Waals surface area (Å²) in [5.74, 6) is 0.0233. The second-order valence-electron chi connectivity index (χ2n) is 6.95. The van der Waals surface area contributed by atoms with E-state index in [1.807, 2.05) is 55.5 Å². The third-order valence-corrected chi connectivity index (χ3v) is 5.27. The lowest BCUT2D eigenvalue weighted by molar-refractivity contribution is 0.102.